The molecule has 1 fully saturated rings. The minimum atomic E-state index is -1.21. The van der Waals surface area contributed by atoms with Gasteiger partial charge >= 0.3 is 6.03 Å². The van der Waals surface area contributed by atoms with Crippen molar-refractivity contribution in [2.45, 2.75) is 45.1 Å². The van der Waals surface area contributed by atoms with Crippen molar-refractivity contribution in [3.63, 3.8) is 0 Å². The van der Waals surface area contributed by atoms with Crippen LogP contribution in [0.1, 0.15) is 44.4 Å². The normalized spacial score (nSPS) is 19.7. The molecule has 0 spiro atoms. The maximum Gasteiger partial charge on any atom is 0.325 e. The maximum absolute atomic E-state index is 13.1. The van der Waals surface area contributed by atoms with E-state index < -0.39 is 23.4 Å². The van der Waals surface area contributed by atoms with E-state index >= 15 is 0 Å². The van der Waals surface area contributed by atoms with Gasteiger partial charge in [0.15, 0.2) is 11.5 Å². The summed E-state index contributed by atoms with van der Waals surface area (Å²) in [5.74, 6) is 0.578. The van der Waals surface area contributed by atoms with Gasteiger partial charge in [0.25, 0.3) is 5.91 Å². The van der Waals surface area contributed by atoms with Crippen LogP contribution in [0.25, 0.3) is 0 Å². The molecule has 1 unspecified atom stereocenters. The van der Waals surface area contributed by atoms with Crippen LogP contribution in [0.15, 0.2) is 42.5 Å². The summed E-state index contributed by atoms with van der Waals surface area (Å²) in [6.07, 6.45) is 0.584. The molecular weight excluding hydrogens is 434 g/mol. The Morgan fingerprint density at radius 2 is 1.74 bits per heavy atom. The third-order valence-corrected chi connectivity index (χ3v) is 6.25. The summed E-state index contributed by atoms with van der Waals surface area (Å²) in [5.41, 5.74) is 1.57. The minimum absolute atomic E-state index is 0.0214. The fourth-order valence-corrected chi connectivity index (χ4v) is 4.13. The highest BCUT2D eigenvalue weighted by atomic mass is 16.6. The first-order valence-electron chi connectivity index (χ1n) is 11.5. The van der Waals surface area contributed by atoms with Crippen molar-refractivity contribution in [2.24, 2.45) is 0 Å². The molecule has 2 aromatic rings. The molecule has 8 nitrogen and oxygen atoms in total. The number of amides is 4. The molecule has 1 saturated heterocycles. The smallest absolute Gasteiger partial charge is 0.325 e. The van der Waals surface area contributed by atoms with Crippen LogP contribution in [0, 0.1) is 0 Å². The second-order valence-corrected chi connectivity index (χ2v) is 9.85. The molecule has 2 aliphatic rings. The van der Waals surface area contributed by atoms with Crippen LogP contribution < -0.4 is 20.1 Å². The average Bonchev–Trinajstić information content (AvgIpc) is 3.02. The first-order chi connectivity index (χ1) is 16.1. The quantitative estimate of drug-likeness (QED) is 0.640. The second kappa shape index (κ2) is 9.00. The zero-order valence-electron chi connectivity index (χ0n) is 20.1. The Labute approximate surface area is 199 Å². The monoisotopic (exact) mass is 465 g/mol. The van der Waals surface area contributed by atoms with Crippen LogP contribution in [0.5, 0.6) is 11.5 Å². The van der Waals surface area contributed by atoms with Gasteiger partial charge in [-0.2, -0.15) is 0 Å². The lowest BCUT2D eigenvalue weighted by Gasteiger charge is -2.24. The van der Waals surface area contributed by atoms with Gasteiger partial charge in [-0.25, -0.2) is 4.79 Å². The van der Waals surface area contributed by atoms with Crippen LogP contribution in [0.4, 0.5) is 4.79 Å². The largest absolute Gasteiger partial charge is 0.486 e. The lowest BCUT2D eigenvalue weighted by molar-refractivity contribution is -0.134. The Hall–Kier alpha value is -3.55. The lowest BCUT2D eigenvalue weighted by Crippen LogP contribution is -2.43. The first kappa shape index (κ1) is 23.6. The number of benzene rings is 2. The van der Waals surface area contributed by atoms with Gasteiger partial charge in [0, 0.05) is 6.54 Å². The minimum Gasteiger partial charge on any atom is -0.486 e. The van der Waals surface area contributed by atoms with Gasteiger partial charge in [-0.15, -0.1) is 0 Å². The van der Waals surface area contributed by atoms with Crippen molar-refractivity contribution in [1.82, 2.24) is 15.5 Å². The van der Waals surface area contributed by atoms with Gasteiger partial charge in [-0.1, -0.05) is 51.1 Å². The predicted octanol–water partition coefficient (Wildman–Crippen LogP) is 2.88. The average molecular weight is 466 g/mol. The zero-order valence-corrected chi connectivity index (χ0v) is 20.1. The summed E-state index contributed by atoms with van der Waals surface area (Å²) in [6, 6.07) is 12.7. The molecule has 34 heavy (non-hydrogen) atoms. The molecule has 0 radical (unpaired) electrons. The third kappa shape index (κ3) is 4.71. The van der Waals surface area contributed by atoms with E-state index in [1.54, 1.807) is 6.92 Å². The van der Waals surface area contributed by atoms with Gasteiger partial charge in [-0.3, -0.25) is 14.5 Å². The topological polar surface area (TPSA) is 97.0 Å². The molecule has 0 bridgehead atoms. The number of nitrogens with zero attached hydrogens (tertiary/aromatic N) is 1. The number of nitrogens with one attached hydrogen (secondary N) is 2. The SMILES string of the molecule is CC(C)(C)c1ccc(C2(C)NC(=O)N(CC(=O)NCCc3ccc4c(c3)OCCO4)C2=O)cc1. The summed E-state index contributed by atoms with van der Waals surface area (Å²) >= 11 is 0. The highest BCUT2D eigenvalue weighted by Crippen LogP contribution is 2.32. The van der Waals surface area contributed by atoms with Crippen LogP contribution >= 0.6 is 0 Å². The second-order valence-electron chi connectivity index (χ2n) is 9.85. The van der Waals surface area contributed by atoms with Crippen molar-refractivity contribution < 1.29 is 23.9 Å². The van der Waals surface area contributed by atoms with Gasteiger partial charge in [0.2, 0.25) is 5.91 Å². The van der Waals surface area contributed by atoms with E-state index in [2.05, 4.69) is 31.4 Å². The van der Waals surface area contributed by atoms with E-state index in [1.165, 1.54) is 0 Å². The van der Waals surface area contributed by atoms with Crippen molar-refractivity contribution in [1.29, 1.82) is 0 Å². The Balaban J connectivity index is 1.34. The maximum atomic E-state index is 13.1. The van der Waals surface area contributed by atoms with E-state index in [-0.39, 0.29) is 12.0 Å². The zero-order chi connectivity index (χ0) is 24.5. The van der Waals surface area contributed by atoms with Gasteiger partial charge in [-0.05, 0) is 47.6 Å². The number of ether oxygens (including phenoxy) is 2. The highest BCUT2D eigenvalue weighted by Gasteiger charge is 2.49. The summed E-state index contributed by atoms with van der Waals surface area (Å²) in [7, 11) is 0. The van der Waals surface area contributed by atoms with Crippen LogP contribution in [-0.4, -0.2) is 49.0 Å². The third-order valence-electron chi connectivity index (χ3n) is 6.25. The first-order valence-corrected chi connectivity index (χ1v) is 11.5. The van der Waals surface area contributed by atoms with Crippen molar-refractivity contribution in [2.75, 3.05) is 26.3 Å². The van der Waals surface area contributed by atoms with Crippen LogP contribution in [0.3, 0.4) is 0 Å². The summed E-state index contributed by atoms with van der Waals surface area (Å²) in [5, 5.41) is 5.54. The van der Waals surface area contributed by atoms with Crippen LogP contribution in [-0.2, 0) is 27.0 Å². The summed E-state index contributed by atoms with van der Waals surface area (Å²) in [4.78, 5) is 39.1. The molecule has 4 amide bonds. The molecular formula is C26H31N3O5. The Kier molecular flexibility index (Phi) is 6.25. The molecule has 1 atom stereocenters. The number of carbonyl (C=O) groups is 3. The molecule has 0 saturated carbocycles. The number of hydrogen-bond acceptors (Lipinski definition) is 5. The molecule has 0 aromatic heterocycles. The summed E-state index contributed by atoms with van der Waals surface area (Å²) < 4.78 is 11.1. The van der Waals surface area contributed by atoms with E-state index in [4.69, 9.17) is 9.47 Å². The van der Waals surface area contributed by atoms with Crippen molar-refractivity contribution in [3.05, 3.63) is 59.2 Å². The van der Waals surface area contributed by atoms with E-state index in [1.807, 2.05) is 42.5 Å². The number of imide groups is 1. The van der Waals surface area contributed by atoms with E-state index in [0.717, 1.165) is 16.0 Å². The number of hydrogen-bond donors (Lipinski definition) is 2. The van der Waals surface area contributed by atoms with E-state index in [9.17, 15) is 14.4 Å². The molecule has 8 heteroatoms. The standard InChI is InChI=1S/C26H31N3O5/c1-25(2,3)18-6-8-19(9-7-18)26(4)23(31)29(24(32)28-26)16-22(30)27-12-11-17-5-10-20-21(15-17)34-14-13-33-20/h5-10,15H,11-14,16H2,1-4H3,(H,27,30)(H,28,32). The number of carbonyl (C=O) groups excluding carboxylic acids is 3. The Morgan fingerprint density at radius 1 is 1.06 bits per heavy atom. The fraction of sp³-hybridized carbons (Fsp3) is 0.423. The molecule has 180 valence electrons. The molecule has 2 aromatic carbocycles. The molecule has 2 N–H and O–H groups in total. The Bertz CT molecular complexity index is 1110. The number of fused-ring (bicyclic) bond motifs is 1. The van der Waals surface area contributed by atoms with Gasteiger partial charge < -0.3 is 20.1 Å². The molecule has 2 aliphatic heterocycles. The van der Waals surface area contributed by atoms with Crippen LogP contribution in [0.2, 0.25) is 0 Å². The molecule has 0 aliphatic carbocycles. The molecule has 4 rings (SSSR count). The lowest BCUT2D eigenvalue weighted by atomic mass is 9.84. The Morgan fingerprint density at radius 3 is 2.41 bits per heavy atom. The van der Waals surface area contributed by atoms with Crippen molar-refractivity contribution in [3.8, 4) is 11.5 Å². The van der Waals surface area contributed by atoms with Gasteiger partial charge in [0.05, 0.1) is 0 Å². The van der Waals surface area contributed by atoms with E-state index in [0.29, 0.717) is 43.2 Å². The summed E-state index contributed by atoms with van der Waals surface area (Å²) in [6.45, 7) is 9.08. The molecule has 2 heterocycles. The predicted molar refractivity (Wildman–Crippen MR) is 127 cm³/mol. The number of rotatable bonds is 6. The highest BCUT2D eigenvalue weighted by molar-refractivity contribution is 6.09. The van der Waals surface area contributed by atoms with Crippen molar-refractivity contribution >= 4 is 17.8 Å². The van der Waals surface area contributed by atoms with Gasteiger partial charge in [0.1, 0.15) is 25.3 Å². The fourth-order valence-electron chi connectivity index (χ4n) is 4.13. The number of urea groups is 1.